The highest BCUT2D eigenvalue weighted by atomic mass is 32.2. The van der Waals surface area contributed by atoms with Gasteiger partial charge in [-0.15, -0.1) is 0 Å². The summed E-state index contributed by atoms with van der Waals surface area (Å²) < 4.78 is 43.6. The van der Waals surface area contributed by atoms with E-state index in [0.717, 1.165) is 6.08 Å². The van der Waals surface area contributed by atoms with Crippen molar-refractivity contribution in [2.75, 3.05) is 0 Å². The Labute approximate surface area is 110 Å². The molecule has 0 fully saturated rings. The van der Waals surface area contributed by atoms with Gasteiger partial charge in [0.25, 0.3) is 0 Å². The lowest BCUT2D eigenvalue weighted by Gasteiger charge is -2.25. The number of allylic oxidation sites excluding steroid dienone is 2. The van der Waals surface area contributed by atoms with Gasteiger partial charge in [-0.3, -0.25) is 0 Å². The molecule has 6 heteroatoms. The Hall–Kier alpha value is -1.82. The van der Waals surface area contributed by atoms with Gasteiger partial charge in [-0.05, 0) is 12.1 Å². The highest BCUT2D eigenvalue weighted by Crippen LogP contribution is 2.48. The fraction of sp³-hybridized carbons (Fsp3) is 0.0769. The molecule has 0 saturated carbocycles. The van der Waals surface area contributed by atoms with E-state index in [4.69, 9.17) is 4.74 Å². The van der Waals surface area contributed by atoms with Crippen LogP contribution in [0.15, 0.2) is 51.7 Å². The molecule has 0 unspecified atom stereocenters. The van der Waals surface area contributed by atoms with Crippen LogP contribution in [-0.2, 0) is 0 Å². The van der Waals surface area contributed by atoms with Crippen molar-refractivity contribution in [2.45, 2.75) is 6.18 Å². The van der Waals surface area contributed by atoms with Crippen LogP contribution in [0.1, 0.15) is 5.56 Å². The number of ether oxygens (including phenoxy) is 1. The zero-order valence-electron chi connectivity index (χ0n) is 9.36. The Morgan fingerprint density at radius 1 is 1.11 bits per heavy atom. The van der Waals surface area contributed by atoms with E-state index in [0.29, 0.717) is 28.0 Å². The number of aliphatic hydroxyl groups is 1. The van der Waals surface area contributed by atoms with Gasteiger partial charge < -0.3 is 9.84 Å². The molecule has 0 atom stereocenters. The van der Waals surface area contributed by atoms with E-state index in [1.54, 1.807) is 30.3 Å². The zero-order chi connectivity index (χ0) is 13.6. The largest absolute Gasteiger partial charge is 0.507 e. The van der Waals surface area contributed by atoms with E-state index in [2.05, 4.69) is 0 Å². The summed E-state index contributed by atoms with van der Waals surface area (Å²) in [5, 5.41) is 9.45. The molecule has 98 valence electrons. The van der Waals surface area contributed by atoms with Crippen molar-refractivity contribution in [3.05, 3.63) is 57.2 Å². The van der Waals surface area contributed by atoms with E-state index < -0.39 is 16.8 Å². The van der Waals surface area contributed by atoms with Crippen LogP contribution in [0.4, 0.5) is 13.2 Å². The molecule has 2 heterocycles. The first-order chi connectivity index (χ1) is 8.95. The van der Waals surface area contributed by atoms with Crippen molar-refractivity contribution in [1.29, 1.82) is 0 Å². The number of hydrogen-bond acceptors (Lipinski definition) is 3. The first-order valence-corrected chi connectivity index (χ1v) is 6.16. The fourth-order valence-corrected chi connectivity index (χ4v) is 2.70. The summed E-state index contributed by atoms with van der Waals surface area (Å²) in [6, 6.07) is 7.02. The lowest BCUT2D eigenvalue weighted by Crippen LogP contribution is -2.16. The lowest BCUT2D eigenvalue weighted by molar-refractivity contribution is -0.0857. The third-order valence-corrected chi connectivity index (χ3v) is 3.82. The Kier molecular flexibility index (Phi) is 2.63. The molecule has 1 N–H and O–H groups in total. The van der Waals surface area contributed by atoms with Crippen LogP contribution in [0.25, 0.3) is 6.08 Å². The summed E-state index contributed by atoms with van der Waals surface area (Å²) in [5.41, 5.74) is 0.713. The van der Waals surface area contributed by atoms with E-state index in [-0.39, 0.29) is 5.76 Å². The van der Waals surface area contributed by atoms with Crippen molar-refractivity contribution >= 4 is 17.8 Å². The molecule has 0 aromatic heterocycles. The maximum absolute atomic E-state index is 12.7. The topological polar surface area (TPSA) is 29.5 Å². The summed E-state index contributed by atoms with van der Waals surface area (Å²) in [5.74, 6) is -0.0282. The zero-order valence-corrected chi connectivity index (χ0v) is 10.2. The average Bonchev–Trinajstić information content (AvgIpc) is 2.34. The van der Waals surface area contributed by atoms with E-state index in [9.17, 15) is 18.3 Å². The predicted molar refractivity (Wildman–Crippen MR) is 66.4 cm³/mol. The van der Waals surface area contributed by atoms with Gasteiger partial charge in [-0.2, -0.15) is 13.2 Å². The second kappa shape index (κ2) is 4.09. The van der Waals surface area contributed by atoms with Crippen molar-refractivity contribution in [2.24, 2.45) is 0 Å². The van der Waals surface area contributed by atoms with Crippen LogP contribution in [0.5, 0.6) is 5.75 Å². The van der Waals surface area contributed by atoms with Crippen LogP contribution >= 0.6 is 11.8 Å². The first kappa shape index (κ1) is 12.2. The third-order valence-electron chi connectivity index (χ3n) is 2.64. The highest BCUT2D eigenvalue weighted by molar-refractivity contribution is 8.07. The number of para-hydroxylation sites is 1. The van der Waals surface area contributed by atoms with Crippen LogP contribution in [0.3, 0.4) is 0 Å². The molecule has 1 aromatic carbocycles. The number of rotatable bonds is 0. The van der Waals surface area contributed by atoms with Gasteiger partial charge in [0.2, 0.25) is 0 Å². The van der Waals surface area contributed by atoms with Crippen molar-refractivity contribution in [3.8, 4) is 5.75 Å². The molecule has 2 nitrogen and oxygen atoms in total. The predicted octanol–water partition coefficient (Wildman–Crippen LogP) is 4.38. The minimum absolute atomic E-state index is 0.231. The smallest absolute Gasteiger partial charge is 0.426 e. The molecule has 0 bridgehead atoms. The minimum atomic E-state index is -4.57. The normalized spacial score (nSPS) is 18.1. The molecule has 0 spiro atoms. The van der Waals surface area contributed by atoms with Crippen molar-refractivity contribution in [1.82, 2.24) is 0 Å². The standard InChI is InChI=1S/C13H7F3O2S/c14-13(15,16)12-8(17)6-10-11(19-12)5-7-3-1-2-4-9(7)18-10/h1-6,17H. The monoisotopic (exact) mass is 284 g/mol. The number of alkyl halides is 3. The number of hydrogen-bond donors (Lipinski definition) is 1. The highest BCUT2D eigenvalue weighted by Gasteiger charge is 2.41. The SMILES string of the molecule is OC1=C(C(F)(F)F)SC2=Cc3ccccc3OC2=C1. The minimum Gasteiger partial charge on any atom is -0.507 e. The first-order valence-electron chi connectivity index (χ1n) is 5.34. The molecule has 3 rings (SSSR count). The Bertz CT molecular complexity index is 642. The summed E-state index contributed by atoms with van der Waals surface area (Å²) >= 11 is 0.467. The number of fused-ring (bicyclic) bond motifs is 2. The molecule has 0 amide bonds. The molecule has 0 aliphatic carbocycles. The van der Waals surface area contributed by atoms with Crippen LogP contribution in [0, 0.1) is 0 Å². The maximum Gasteiger partial charge on any atom is 0.426 e. The number of halogens is 3. The van der Waals surface area contributed by atoms with Crippen LogP contribution in [-0.4, -0.2) is 11.3 Å². The Balaban J connectivity index is 2.07. The van der Waals surface area contributed by atoms with Crippen molar-refractivity contribution < 1.29 is 23.0 Å². The van der Waals surface area contributed by atoms with E-state index in [1.165, 1.54) is 0 Å². The Morgan fingerprint density at radius 2 is 1.84 bits per heavy atom. The second-order valence-corrected chi connectivity index (χ2v) is 5.02. The van der Waals surface area contributed by atoms with Gasteiger partial charge in [-0.1, -0.05) is 30.0 Å². The van der Waals surface area contributed by atoms with Gasteiger partial charge >= 0.3 is 6.18 Å². The summed E-state index contributed by atoms with van der Waals surface area (Å²) in [4.78, 5) is -0.686. The quantitative estimate of drug-likeness (QED) is 0.766. The summed E-state index contributed by atoms with van der Waals surface area (Å²) in [6.07, 6.45) is -1.96. The molecular formula is C13H7F3O2S. The van der Waals surface area contributed by atoms with Gasteiger partial charge in [0, 0.05) is 11.6 Å². The molecule has 2 aliphatic heterocycles. The third kappa shape index (κ3) is 2.12. The van der Waals surface area contributed by atoms with E-state index >= 15 is 0 Å². The molecule has 19 heavy (non-hydrogen) atoms. The molecule has 0 radical (unpaired) electrons. The number of benzene rings is 1. The van der Waals surface area contributed by atoms with Gasteiger partial charge in [-0.25, -0.2) is 0 Å². The van der Waals surface area contributed by atoms with Crippen molar-refractivity contribution in [3.63, 3.8) is 0 Å². The Morgan fingerprint density at radius 3 is 2.58 bits per heavy atom. The number of thioether (sulfide) groups is 1. The molecule has 0 saturated heterocycles. The maximum atomic E-state index is 12.7. The van der Waals surface area contributed by atoms with E-state index in [1.807, 2.05) is 0 Å². The summed E-state index contributed by atoms with van der Waals surface area (Å²) in [6.45, 7) is 0. The number of aliphatic hydroxyl groups excluding tert-OH is 1. The summed E-state index contributed by atoms with van der Waals surface area (Å²) in [7, 11) is 0. The average molecular weight is 284 g/mol. The second-order valence-electron chi connectivity index (χ2n) is 3.97. The van der Waals surface area contributed by atoms with Crippen LogP contribution < -0.4 is 4.74 Å². The lowest BCUT2D eigenvalue weighted by atomic mass is 10.1. The molecule has 1 aromatic rings. The van der Waals surface area contributed by atoms with Gasteiger partial charge in [0.05, 0.1) is 4.91 Å². The van der Waals surface area contributed by atoms with Gasteiger partial charge in [0.15, 0.2) is 0 Å². The molecular weight excluding hydrogens is 277 g/mol. The fourth-order valence-electron chi connectivity index (χ4n) is 1.81. The molecule has 2 aliphatic rings. The van der Waals surface area contributed by atoms with Gasteiger partial charge in [0.1, 0.15) is 22.2 Å². The van der Waals surface area contributed by atoms with Crippen LogP contribution in [0.2, 0.25) is 0 Å².